The molecular formula is C45H29N3S2. The second-order valence-corrected chi connectivity index (χ2v) is 14.9. The van der Waals surface area contributed by atoms with Crippen molar-refractivity contribution in [3.05, 3.63) is 149 Å². The molecule has 0 saturated carbocycles. The summed E-state index contributed by atoms with van der Waals surface area (Å²) < 4.78 is 5.14. The molecule has 1 aliphatic carbocycles. The maximum absolute atomic E-state index is 5.15. The van der Waals surface area contributed by atoms with Gasteiger partial charge in [0.15, 0.2) is 17.5 Å². The molecule has 0 saturated heterocycles. The third-order valence-corrected chi connectivity index (χ3v) is 11.9. The van der Waals surface area contributed by atoms with E-state index >= 15 is 0 Å². The van der Waals surface area contributed by atoms with Gasteiger partial charge < -0.3 is 0 Å². The summed E-state index contributed by atoms with van der Waals surface area (Å²) in [5, 5.41) is 5.21. The molecule has 3 heterocycles. The number of nitrogens with zero attached hydrogens (tertiary/aromatic N) is 3. The van der Waals surface area contributed by atoms with E-state index in [2.05, 4.69) is 152 Å². The maximum Gasteiger partial charge on any atom is 0.164 e. The quantitative estimate of drug-likeness (QED) is 0.182. The van der Waals surface area contributed by atoms with Crippen molar-refractivity contribution in [1.29, 1.82) is 0 Å². The summed E-state index contributed by atoms with van der Waals surface area (Å²) in [7, 11) is 0. The Bertz CT molecular complexity index is 2880. The second-order valence-electron chi connectivity index (χ2n) is 12.7. The topological polar surface area (TPSA) is 38.7 Å². The van der Waals surface area contributed by atoms with E-state index in [0.29, 0.717) is 17.5 Å². The first-order chi connectivity index (χ1) is 24.7. The summed E-state index contributed by atoms with van der Waals surface area (Å²) in [6, 6.07) is 49.6. The first-order valence-corrected chi connectivity index (χ1v) is 18.5. The van der Waals surface area contributed by atoms with Crippen LogP contribution in [0.1, 0.15) is 12.8 Å². The van der Waals surface area contributed by atoms with Crippen molar-refractivity contribution in [1.82, 2.24) is 15.0 Å². The minimum atomic E-state index is 0.662. The molecule has 0 fully saturated rings. The molecule has 0 N–H and O–H groups in total. The van der Waals surface area contributed by atoms with Gasteiger partial charge in [0.1, 0.15) is 0 Å². The van der Waals surface area contributed by atoms with Crippen molar-refractivity contribution in [3.8, 4) is 56.4 Å². The number of hydrogen-bond donors (Lipinski definition) is 0. The highest BCUT2D eigenvalue weighted by Crippen LogP contribution is 2.37. The van der Waals surface area contributed by atoms with Crippen LogP contribution in [-0.2, 0) is 0 Å². The molecule has 6 aromatic carbocycles. The highest BCUT2D eigenvalue weighted by molar-refractivity contribution is 7.25. The number of fused-ring (bicyclic) bond motifs is 6. The van der Waals surface area contributed by atoms with Crippen LogP contribution in [0.25, 0.3) is 98.8 Å². The van der Waals surface area contributed by atoms with Crippen LogP contribution in [0.2, 0.25) is 0 Å². The van der Waals surface area contributed by atoms with Gasteiger partial charge in [0.25, 0.3) is 0 Å². The Hall–Kier alpha value is -5.75. The van der Waals surface area contributed by atoms with Gasteiger partial charge in [-0.2, -0.15) is 0 Å². The van der Waals surface area contributed by atoms with Crippen molar-refractivity contribution in [3.63, 3.8) is 0 Å². The summed E-state index contributed by atoms with van der Waals surface area (Å²) in [5.74, 6) is 2.02. The Kier molecular flexibility index (Phi) is 7.00. The lowest BCUT2D eigenvalue weighted by Crippen LogP contribution is -2.20. The Balaban J connectivity index is 1.13. The monoisotopic (exact) mass is 675 g/mol. The second kappa shape index (κ2) is 12.0. The van der Waals surface area contributed by atoms with Gasteiger partial charge in [-0.1, -0.05) is 121 Å². The van der Waals surface area contributed by atoms with Crippen LogP contribution in [0, 0.1) is 0 Å². The molecule has 10 rings (SSSR count). The third kappa shape index (κ3) is 5.14. The molecule has 0 amide bonds. The molecule has 0 spiro atoms. The summed E-state index contributed by atoms with van der Waals surface area (Å²) in [6.45, 7) is 0. The van der Waals surface area contributed by atoms with Crippen molar-refractivity contribution in [2.75, 3.05) is 0 Å². The van der Waals surface area contributed by atoms with Crippen molar-refractivity contribution < 1.29 is 0 Å². The SMILES string of the molecule is C1=c2sc3cc(-c4nc(-c5cccc(-c6cccc(-c7ccccc7)c6)c5)nc(-c5ccc6c(c5)sc5ccccc56)n4)ccc3c2=CCC1. The zero-order valence-corrected chi connectivity index (χ0v) is 28.6. The Morgan fingerprint density at radius 3 is 1.62 bits per heavy atom. The van der Waals surface area contributed by atoms with Crippen LogP contribution >= 0.6 is 22.7 Å². The van der Waals surface area contributed by atoms with Crippen LogP contribution < -0.4 is 9.75 Å². The highest BCUT2D eigenvalue weighted by atomic mass is 32.1. The van der Waals surface area contributed by atoms with Crippen molar-refractivity contribution in [2.45, 2.75) is 12.8 Å². The van der Waals surface area contributed by atoms with Crippen LogP contribution in [0.5, 0.6) is 0 Å². The van der Waals surface area contributed by atoms with E-state index in [4.69, 9.17) is 15.0 Å². The smallest absolute Gasteiger partial charge is 0.164 e. The third-order valence-electron chi connectivity index (χ3n) is 9.56. The fourth-order valence-electron chi connectivity index (χ4n) is 7.05. The molecule has 0 unspecified atom stereocenters. The van der Waals surface area contributed by atoms with E-state index in [1.165, 1.54) is 51.1 Å². The summed E-state index contributed by atoms with van der Waals surface area (Å²) >= 11 is 3.66. The maximum atomic E-state index is 5.15. The standard InChI is InChI=1S/C45H29N3S2/c1-2-10-28(11-3-1)29-12-8-13-30(24-29)31-14-9-15-32(25-31)43-46-44(33-20-22-37-35-16-4-6-18-39(35)49-41(37)26-33)48-45(47-43)34-21-23-38-36-17-5-7-19-40(36)50-42(38)27-34/h1-4,6,8-27H,5,7H2. The minimum absolute atomic E-state index is 0.662. The van der Waals surface area contributed by atoms with Gasteiger partial charge in [-0.15, -0.1) is 22.7 Å². The molecule has 9 aromatic rings. The fourth-order valence-corrected chi connectivity index (χ4v) is 9.41. The number of hydrogen-bond acceptors (Lipinski definition) is 5. The Morgan fingerprint density at radius 1 is 0.360 bits per heavy atom. The number of benzene rings is 6. The lowest BCUT2D eigenvalue weighted by atomic mass is 9.98. The molecular weight excluding hydrogens is 647 g/mol. The van der Waals surface area contributed by atoms with Crippen LogP contribution in [0.4, 0.5) is 0 Å². The molecule has 0 atom stereocenters. The first kappa shape index (κ1) is 29.2. The lowest BCUT2D eigenvalue weighted by molar-refractivity contribution is 1.08. The zero-order valence-electron chi connectivity index (χ0n) is 27.0. The predicted octanol–water partition coefficient (Wildman–Crippen LogP) is 11.1. The summed E-state index contributed by atoms with van der Waals surface area (Å²) in [4.78, 5) is 15.5. The molecule has 0 radical (unpaired) electrons. The number of rotatable bonds is 5. The van der Waals surface area contributed by atoms with E-state index in [-0.39, 0.29) is 0 Å². The van der Waals surface area contributed by atoms with E-state index in [1.54, 1.807) is 0 Å². The molecule has 3 nitrogen and oxygen atoms in total. The summed E-state index contributed by atoms with van der Waals surface area (Å²) in [6.07, 6.45) is 6.94. The lowest BCUT2D eigenvalue weighted by Gasteiger charge is -2.11. The molecule has 3 aromatic heterocycles. The van der Waals surface area contributed by atoms with Crippen LogP contribution in [0.15, 0.2) is 140 Å². The van der Waals surface area contributed by atoms with Gasteiger partial charge in [-0.05, 0) is 70.6 Å². The van der Waals surface area contributed by atoms with Gasteiger partial charge in [-0.3, -0.25) is 0 Å². The normalized spacial score (nSPS) is 12.6. The molecule has 5 heteroatoms. The number of thiophene rings is 2. The van der Waals surface area contributed by atoms with Gasteiger partial charge in [0, 0.05) is 51.5 Å². The van der Waals surface area contributed by atoms with E-state index in [1.807, 2.05) is 22.7 Å². The van der Waals surface area contributed by atoms with Crippen LogP contribution in [0.3, 0.4) is 0 Å². The molecule has 236 valence electrons. The molecule has 0 bridgehead atoms. The van der Waals surface area contributed by atoms with Gasteiger partial charge in [-0.25, -0.2) is 15.0 Å². The zero-order chi connectivity index (χ0) is 33.0. The average Bonchev–Trinajstić information content (AvgIpc) is 3.76. The van der Waals surface area contributed by atoms with Gasteiger partial charge in [0.05, 0.1) is 0 Å². The van der Waals surface area contributed by atoms with E-state index < -0.39 is 0 Å². The van der Waals surface area contributed by atoms with E-state index in [0.717, 1.165) is 40.7 Å². The average molecular weight is 676 g/mol. The van der Waals surface area contributed by atoms with Gasteiger partial charge >= 0.3 is 0 Å². The van der Waals surface area contributed by atoms with Gasteiger partial charge in [0.2, 0.25) is 0 Å². The fraction of sp³-hybridized carbons (Fsp3) is 0.0444. The predicted molar refractivity (Wildman–Crippen MR) is 213 cm³/mol. The Labute approximate surface area is 297 Å². The Morgan fingerprint density at radius 2 is 0.880 bits per heavy atom. The summed E-state index contributed by atoms with van der Waals surface area (Å²) in [5.41, 5.74) is 7.60. The number of aromatic nitrogens is 3. The van der Waals surface area contributed by atoms with E-state index in [9.17, 15) is 0 Å². The molecule has 0 aliphatic heterocycles. The highest BCUT2D eigenvalue weighted by Gasteiger charge is 2.16. The van der Waals surface area contributed by atoms with Crippen LogP contribution in [-0.4, -0.2) is 15.0 Å². The molecule has 1 aliphatic rings. The first-order valence-electron chi connectivity index (χ1n) is 16.9. The largest absolute Gasteiger partial charge is 0.208 e. The van der Waals surface area contributed by atoms with Crippen molar-refractivity contribution >= 4 is 65.1 Å². The van der Waals surface area contributed by atoms with Crippen molar-refractivity contribution in [2.24, 2.45) is 0 Å². The molecule has 50 heavy (non-hydrogen) atoms. The minimum Gasteiger partial charge on any atom is -0.208 e.